The predicted octanol–water partition coefficient (Wildman–Crippen LogP) is 3.64. The van der Waals surface area contributed by atoms with Gasteiger partial charge in [-0.05, 0) is 50.3 Å². The molecule has 0 aliphatic carbocycles. The molecule has 1 saturated heterocycles. The Labute approximate surface area is 190 Å². The summed E-state index contributed by atoms with van der Waals surface area (Å²) in [5.74, 6) is 0.667. The fourth-order valence-electron chi connectivity index (χ4n) is 4.35. The molecule has 2 N–H and O–H groups in total. The minimum absolute atomic E-state index is 0.0603. The Kier molecular flexibility index (Phi) is 5.47. The monoisotopic (exact) mass is 445 g/mol. The lowest BCUT2D eigenvalue weighted by molar-refractivity contribution is 0.102. The van der Waals surface area contributed by atoms with Crippen molar-refractivity contribution >= 4 is 23.2 Å². The van der Waals surface area contributed by atoms with E-state index >= 15 is 4.39 Å². The van der Waals surface area contributed by atoms with E-state index in [2.05, 4.69) is 32.5 Å². The van der Waals surface area contributed by atoms with Crippen molar-refractivity contribution in [2.24, 2.45) is 0 Å². The van der Waals surface area contributed by atoms with Gasteiger partial charge >= 0.3 is 0 Å². The van der Waals surface area contributed by atoms with Crippen LogP contribution in [0, 0.1) is 5.82 Å². The fraction of sp³-hybridized carbons (Fsp3) is 0.250. The summed E-state index contributed by atoms with van der Waals surface area (Å²) in [7, 11) is 3.89. The molecule has 1 atom stereocenters. The number of fused-ring (bicyclic) bond motifs is 1. The minimum Gasteiger partial charge on any atom is -0.358 e. The van der Waals surface area contributed by atoms with Crippen LogP contribution >= 0.6 is 0 Å². The number of aromatic nitrogens is 4. The third-order valence-electron chi connectivity index (χ3n) is 5.96. The Hall–Kier alpha value is -3.85. The first-order valence-corrected chi connectivity index (χ1v) is 10.8. The van der Waals surface area contributed by atoms with E-state index in [1.807, 2.05) is 10.5 Å². The maximum Gasteiger partial charge on any atom is 0.259 e. The first kappa shape index (κ1) is 21.0. The number of carbonyl (C=O) groups is 1. The van der Waals surface area contributed by atoms with Crippen LogP contribution in [0.2, 0.25) is 0 Å². The molecule has 1 amide bonds. The average Bonchev–Trinajstić information content (AvgIpc) is 3.43. The number of hydrogen-bond acceptors (Lipinski definition) is 6. The third-order valence-corrected chi connectivity index (χ3v) is 5.96. The maximum atomic E-state index is 15.1. The van der Waals surface area contributed by atoms with Gasteiger partial charge in [-0.25, -0.2) is 19.3 Å². The number of amides is 1. The van der Waals surface area contributed by atoms with Crippen molar-refractivity contribution in [3.63, 3.8) is 0 Å². The SMILES string of the molecule is CNc1nccc2c(C3CCN(C)C3)nc(-c3ccc(C(=O)Nc4ccccn4)c(F)c3)n12. The average molecular weight is 446 g/mol. The van der Waals surface area contributed by atoms with E-state index in [0.29, 0.717) is 29.1 Å². The van der Waals surface area contributed by atoms with E-state index in [9.17, 15) is 4.79 Å². The topological polar surface area (TPSA) is 87.5 Å². The van der Waals surface area contributed by atoms with Crippen LogP contribution in [0.1, 0.15) is 28.4 Å². The molecule has 9 heteroatoms. The Morgan fingerprint density at radius 3 is 2.73 bits per heavy atom. The molecule has 0 bridgehead atoms. The second kappa shape index (κ2) is 8.59. The van der Waals surface area contributed by atoms with Gasteiger partial charge in [-0.15, -0.1) is 0 Å². The summed E-state index contributed by atoms with van der Waals surface area (Å²) >= 11 is 0. The molecule has 0 spiro atoms. The summed E-state index contributed by atoms with van der Waals surface area (Å²) < 4.78 is 17.0. The highest BCUT2D eigenvalue weighted by atomic mass is 19.1. The molecule has 8 nitrogen and oxygen atoms in total. The van der Waals surface area contributed by atoms with Gasteiger partial charge in [-0.3, -0.25) is 9.20 Å². The number of imidazole rings is 1. The Balaban J connectivity index is 1.55. The second-order valence-corrected chi connectivity index (χ2v) is 8.17. The number of benzene rings is 1. The zero-order chi connectivity index (χ0) is 22.9. The Morgan fingerprint density at radius 1 is 1.15 bits per heavy atom. The zero-order valence-corrected chi connectivity index (χ0v) is 18.4. The first-order chi connectivity index (χ1) is 16.0. The molecule has 1 aliphatic rings. The number of likely N-dealkylation sites (N-methyl/N-ethyl adjacent to an activating group) is 1. The van der Waals surface area contributed by atoms with Crippen molar-refractivity contribution in [3.05, 3.63) is 71.9 Å². The minimum atomic E-state index is -0.630. The third kappa shape index (κ3) is 3.91. The van der Waals surface area contributed by atoms with Crippen LogP contribution in [0.3, 0.4) is 0 Å². The van der Waals surface area contributed by atoms with E-state index in [4.69, 9.17) is 4.98 Å². The summed E-state index contributed by atoms with van der Waals surface area (Å²) in [5.41, 5.74) is 2.43. The van der Waals surface area contributed by atoms with E-state index in [1.54, 1.807) is 43.7 Å². The Bertz CT molecular complexity index is 1320. The van der Waals surface area contributed by atoms with Gasteiger partial charge in [0.05, 0.1) is 16.8 Å². The highest BCUT2D eigenvalue weighted by molar-refractivity contribution is 6.04. The molecule has 1 aliphatic heterocycles. The molecule has 1 unspecified atom stereocenters. The molecule has 168 valence electrons. The van der Waals surface area contributed by atoms with Crippen molar-refractivity contribution < 1.29 is 9.18 Å². The smallest absolute Gasteiger partial charge is 0.259 e. The molecule has 0 radical (unpaired) electrons. The van der Waals surface area contributed by atoms with Gasteiger partial charge in [0.25, 0.3) is 5.91 Å². The summed E-state index contributed by atoms with van der Waals surface area (Å²) in [6.07, 6.45) is 4.33. The normalized spacial score (nSPS) is 16.3. The van der Waals surface area contributed by atoms with Gasteiger partial charge in [-0.2, -0.15) is 0 Å². The van der Waals surface area contributed by atoms with Crippen molar-refractivity contribution in [1.29, 1.82) is 0 Å². The van der Waals surface area contributed by atoms with Crippen molar-refractivity contribution in [3.8, 4) is 11.4 Å². The molecule has 4 heterocycles. The van der Waals surface area contributed by atoms with E-state index in [1.165, 1.54) is 12.1 Å². The molecule has 3 aromatic heterocycles. The fourth-order valence-corrected chi connectivity index (χ4v) is 4.35. The Morgan fingerprint density at radius 2 is 2.03 bits per heavy atom. The number of carbonyl (C=O) groups excluding carboxylic acids is 1. The molecule has 5 rings (SSSR count). The quantitative estimate of drug-likeness (QED) is 0.488. The lowest BCUT2D eigenvalue weighted by Crippen LogP contribution is -2.14. The van der Waals surface area contributed by atoms with Crippen LogP contribution in [0.25, 0.3) is 16.9 Å². The number of halogens is 1. The van der Waals surface area contributed by atoms with Crippen molar-refractivity contribution in [2.75, 3.05) is 37.8 Å². The molecule has 1 aromatic carbocycles. The van der Waals surface area contributed by atoms with Gasteiger partial charge in [0.2, 0.25) is 5.95 Å². The second-order valence-electron chi connectivity index (χ2n) is 8.17. The largest absolute Gasteiger partial charge is 0.358 e. The van der Waals surface area contributed by atoms with Gasteiger partial charge in [0, 0.05) is 37.5 Å². The van der Waals surface area contributed by atoms with Gasteiger partial charge in [-0.1, -0.05) is 12.1 Å². The van der Waals surface area contributed by atoms with Crippen LogP contribution in [-0.4, -0.2) is 57.3 Å². The number of nitrogens with zero attached hydrogens (tertiary/aromatic N) is 5. The maximum absolute atomic E-state index is 15.1. The van der Waals surface area contributed by atoms with Gasteiger partial charge < -0.3 is 15.5 Å². The molecule has 4 aromatic rings. The van der Waals surface area contributed by atoms with Crippen LogP contribution in [0.5, 0.6) is 0 Å². The molecule has 33 heavy (non-hydrogen) atoms. The summed E-state index contributed by atoms with van der Waals surface area (Å²) in [4.78, 5) is 28.3. The van der Waals surface area contributed by atoms with Gasteiger partial charge in [0.15, 0.2) is 0 Å². The summed E-state index contributed by atoms with van der Waals surface area (Å²) in [5, 5.41) is 5.72. The van der Waals surface area contributed by atoms with E-state index in [0.717, 1.165) is 30.7 Å². The standard InChI is InChI=1S/C24H24FN7O/c1-26-24-28-11-8-19-21(16-9-12-31(2)14-16)30-22(32(19)24)15-6-7-17(18(25)13-15)23(33)29-20-5-3-4-10-27-20/h3-8,10-11,13,16H,9,12,14H2,1-2H3,(H,26,28)(H,27,29,33). The van der Waals surface area contributed by atoms with Crippen LogP contribution < -0.4 is 10.6 Å². The summed E-state index contributed by atoms with van der Waals surface area (Å²) in [6.45, 7) is 1.93. The van der Waals surface area contributed by atoms with Crippen LogP contribution in [-0.2, 0) is 0 Å². The summed E-state index contributed by atoms with van der Waals surface area (Å²) in [6, 6.07) is 11.6. The van der Waals surface area contributed by atoms with E-state index in [-0.39, 0.29) is 5.56 Å². The highest BCUT2D eigenvalue weighted by Crippen LogP contribution is 2.34. The zero-order valence-electron chi connectivity index (χ0n) is 18.4. The van der Waals surface area contributed by atoms with Crippen LogP contribution in [0.15, 0.2) is 54.9 Å². The predicted molar refractivity (Wildman–Crippen MR) is 125 cm³/mol. The number of nitrogens with one attached hydrogen (secondary N) is 2. The molecule has 1 fully saturated rings. The van der Waals surface area contributed by atoms with Crippen LogP contribution in [0.4, 0.5) is 16.2 Å². The van der Waals surface area contributed by atoms with Crippen molar-refractivity contribution in [1.82, 2.24) is 24.3 Å². The highest BCUT2D eigenvalue weighted by Gasteiger charge is 2.28. The molecular formula is C24H24FN7O. The number of likely N-dealkylation sites (tertiary alicyclic amines) is 1. The first-order valence-electron chi connectivity index (χ1n) is 10.8. The number of pyridine rings is 1. The lowest BCUT2D eigenvalue weighted by atomic mass is 10.0. The van der Waals surface area contributed by atoms with Gasteiger partial charge in [0.1, 0.15) is 17.5 Å². The number of rotatable bonds is 5. The number of hydrogen-bond donors (Lipinski definition) is 2. The number of anilines is 2. The molecule has 0 saturated carbocycles. The van der Waals surface area contributed by atoms with Crippen molar-refractivity contribution in [2.45, 2.75) is 12.3 Å². The molecular weight excluding hydrogens is 421 g/mol. The lowest BCUT2D eigenvalue weighted by Gasteiger charge is -2.09. The van der Waals surface area contributed by atoms with E-state index < -0.39 is 11.7 Å².